The summed E-state index contributed by atoms with van der Waals surface area (Å²) in [5, 5.41) is 7.67. The first-order valence-corrected chi connectivity index (χ1v) is 7.68. The number of hydrogen-bond donors (Lipinski definition) is 0. The second-order valence-corrected chi connectivity index (χ2v) is 6.38. The van der Waals surface area contributed by atoms with Crippen LogP contribution in [0.15, 0.2) is 17.8 Å². The Labute approximate surface area is 118 Å². The van der Waals surface area contributed by atoms with Gasteiger partial charge >= 0.3 is 0 Å². The van der Waals surface area contributed by atoms with Gasteiger partial charge in [0.05, 0.1) is 11.2 Å². The Morgan fingerprint density at radius 3 is 3.05 bits per heavy atom. The van der Waals surface area contributed by atoms with E-state index in [-0.39, 0.29) is 0 Å². The van der Waals surface area contributed by atoms with Gasteiger partial charge < -0.3 is 0 Å². The summed E-state index contributed by atoms with van der Waals surface area (Å²) in [5.74, 6) is 0.767. The Morgan fingerprint density at radius 1 is 1.47 bits per heavy atom. The lowest BCUT2D eigenvalue weighted by molar-refractivity contribution is 0.315. The van der Waals surface area contributed by atoms with Crippen molar-refractivity contribution < 1.29 is 0 Å². The molecule has 1 fully saturated rings. The summed E-state index contributed by atoms with van der Waals surface area (Å²) in [4.78, 5) is 6.94. The molecule has 1 atom stereocenters. The van der Waals surface area contributed by atoms with Crippen molar-refractivity contribution in [3.63, 3.8) is 0 Å². The predicted molar refractivity (Wildman–Crippen MR) is 77.1 cm³/mol. The molecule has 0 amide bonds. The lowest BCUT2D eigenvalue weighted by atomic mass is 10.1. The molecule has 0 spiro atoms. The normalized spacial score (nSPS) is 20.2. The van der Waals surface area contributed by atoms with Gasteiger partial charge in [0.15, 0.2) is 0 Å². The van der Waals surface area contributed by atoms with Crippen LogP contribution < -0.4 is 0 Å². The number of rotatable bonds is 4. The van der Waals surface area contributed by atoms with E-state index >= 15 is 0 Å². The molecule has 1 unspecified atom stereocenters. The number of aryl methyl sites for hydroxylation is 1. The number of aromatic nitrogens is 3. The van der Waals surface area contributed by atoms with E-state index in [0.717, 1.165) is 18.9 Å². The number of likely N-dealkylation sites (tertiary alicyclic amines) is 1. The maximum Gasteiger partial charge on any atom is 0.0928 e. The first-order chi connectivity index (χ1) is 9.22. The van der Waals surface area contributed by atoms with Gasteiger partial charge in [-0.1, -0.05) is 0 Å². The van der Waals surface area contributed by atoms with Crippen molar-refractivity contribution in [1.82, 2.24) is 19.7 Å². The largest absolute Gasteiger partial charge is 0.299 e. The third-order valence-electron chi connectivity index (χ3n) is 4.05. The highest BCUT2D eigenvalue weighted by molar-refractivity contribution is 7.09. The minimum absolute atomic E-state index is 0.767. The van der Waals surface area contributed by atoms with Gasteiger partial charge in [-0.2, -0.15) is 5.10 Å². The Kier molecular flexibility index (Phi) is 3.66. The molecule has 4 nitrogen and oxygen atoms in total. The van der Waals surface area contributed by atoms with Gasteiger partial charge in [-0.15, -0.1) is 11.3 Å². The van der Waals surface area contributed by atoms with E-state index in [2.05, 4.69) is 27.3 Å². The lowest BCUT2D eigenvalue weighted by Crippen LogP contribution is -2.21. The third-order valence-corrected chi connectivity index (χ3v) is 4.85. The minimum Gasteiger partial charge on any atom is -0.299 e. The molecular weight excluding hydrogens is 256 g/mol. The molecule has 0 aliphatic carbocycles. The summed E-state index contributed by atoms with van der Waals surface area (Å²) in [6.07, 6.45) is 6.34. The topological polar surface area (TPSA) is 34.0 Å². The number of nitrogens with zero attached hydrogens (tertiary/aromatic N) is 4. The Morgan fingerprint density at radius 2 is 2.37 bits per heavy atom. The average Bonchev–Trinajstić information content (AvgIpc) is 3.10. The Balaban J connectivity index is 1.56. The maximum absolute atomic E-state index is 4.39. The van der Waals surface area contributed by atoms with Crippen LogP contribution in [0.3, 0.4) is 0 Å². The van der Waals surface area contributed by atoms with E-state index in [1.807, 2.05) is 24.1 Å². The molecule has 0 aromatic carbocycles. The minimum atomic E-state index is 0.767. The Hall–Kier alpha value is -1.20. The van der Waals surface area contributed by atoms with Gasteiger partial charge in [0.25, 0.3) is 0 Å². The molecular formula is C14H20N4S. The molecule has 5 heteroatoms. The van der Waals surface area contributed by atoms with Crippen molar-refractivity contribution in [3.8, 4) is 0 Å². The predicted octanol–water partition coefficient (Wildman–Crippen LogP) is 2.25. The standard InChI is InChI=1S/C14H20N4S/c1-11-13(8-16-17(11)2)10-18-5-3-12(9-18)7-14-15-4-6-19-14/h4,6,8,12H,3,5,7,9-10H2,1-2H3. The average molecular weight is 276 g/mol. The van der Waals surface area contributed by atoms with Crippen LogP contribution >= 0.6 is 11.3 Å². The fraction of sp³-hybridized carbons (Fsp3) is 0.571. The van der Waals surface area contributed by atoms with Crippen molar-refractivity contribution in [2.24, 2.45) is 13.0 Å². The lowest BCUT2D eigenvalue weighted by Gasteiger charge is -2.15. The monoisotopic (exact) mass is 276 g/mol. The molecule has 102 valence electrons. The van der Waals surface area contributed by atoms with Crippen molar-refractivity contribution in [3.05, 3.63) is 34.0 Å². The van der Waals surface area contributed by atoms with Crippen LogP contribution in [0.2, 0.25) is 0 Å². The van der Waals surface area contributed by atoms with Crippen LogP contribution in [0, 0.1) is 12.8 Å². The molecule has 3 rings (SSSR count). The van der Waals surface area contributed by atoms with E-state index in [0.29, 0.717) is 0 Å². The summed E-state index contributed by atoms with van der Waals surface area (Å²) in [7, 11) is 2.01. The first-order valence-electron chi connectivity index (χ1n) is 6.80. The van der Waals surface area contributed by atoms with E-state index in [1.54, 1.807) is 11.3 Å². The second-order valence-electron chi connectivity index (χ2n) is 5.40. The van der Waals surface area contributed by atoms with Gasteiger partial charge in [-0.05, 0) is 25.8 Å². The molecule has 3 heterocycles. The van der Waals surface area contributed by atoms with Crippen LogP contribution in [0.4, 0.5) is 0 Å². The summed E-state index contributed by atoms with van der Waals surface area (Å²) >= 11 is 1.78. The summed E-state index contributed by atoms with van der Waals surface area (Å²) in [6.45, 7) is 5.57. The molecule has 1 aliphatic rings. The van der Waals surface area contributed by atoms with E-state index < -0.39 is 0 Å². The third kappa shape index (κ3) is 2.87. The van der Waals surface area contributed by atoms with Gasteiger partial charge in [-0.25, -0.2) is 4.98 Å². The van der Waals surface area contributed by atoms with Crippen molar-refractivity contribution in [2.75, 3.05) is 13.1 Å². The zero-order chi connectivity index (χ0) is 13.2. The molecule has 0 bridgehead atoms. The van der Waals surface area contributed by atoms with Gasteiger partial charge in [0.1, 0.15) is 0 Å². The van der Waals surface area contributed by atoms with E-state index in [1.165, 1.54) is 35.8 Å². The molecule has 1 aliphatic heterocycles. The van der Waals surface area contributed by atoms with Crippen LogP contribution in [0.5, 0.6) is 0 Å². The van der Waals surface area contributed by atoms with Gasteiger partial charge in [-0.3, -0.25) is 9.58 Å². The van der Waals surface area contributed by atoms with Crippen LogP contribution in [-0.2, 0) is 20.0 Å². The fourth-order valence-corrected chi connectivity index (χ4v) is 3.50. The van der Waals surface area contributed by atoms with Crippen molar-refractivity contribution in [1.29, 1.82) is 0 Å². The smallest absolute Gasteiger partial charge is 0.0928 e. The highest BCUT2D eigenvalue weighted by Gasteiger charge is 2.24. The number of hydrogen-bond acceptors (Lipinski definition) is 4. The highest BCUT2D eigenvalue weighted by atomic mass is 32.1. The van der Waals surface area contributed by atoms with Crippen molar-refractivity contribution >= 4 is 11.3 Å². The van der Waals surface area contributed by atoms with Gasteiger partial charge in [0.2, 0.25) is 0 Å². The molecule has 0 N–H and O–H groups in total. The van der Waals surface area contributed by atoms with Crippen LogP contribution in [0.1, 0.15) is 22.7 Å². The maximum atomic E-state index is 4.39. The molecule has 2 aromatic rings. The van der Waals surface area contributed by atoms with E-state index in [4.69, 9.17) is 0 Å². The molecule has 0 radical (unpaired) electrons. The zero-order valence-electron chi connectivity index (χ0n) is 11.5. The van der Waals surface area contributed by atoms with E-state index in [9.17, 15) is 0 Å². The molecule has 1 saturated heterocycles. The van der Waals surface area contributed by atoms with Crippen LogP contribution in [0.25, 0.3) is 0 Å². The molecule has 19 heavy (non-hydrogen) atoms. The molecule has 0 saturated carbocycles. The zero-order valence-corrected chi connectivity index (χ0v) is 12.4. The first kappa shape index (κ1) is 12.8. The highest BCUT2D eigenvalue weighted by Crippen LogP contribution is 2.23. The SMILES string of the molecule is Cc1c(CN2CCC(Cc3nccs3)C2)cnn1C. The second kappa shape index (κ2) is 5.43. The number of thiazole rings is 1. The van der Waals surface area contributed by atoms with Crippen LogP contribution in [-0.4, -0.2) is 32.8 Å². The summed E-state index contributed by atoms with van der Waals surface area (Å²) in [5.41, 5.74) is 2.64. The van der Waals surface area contributed by atoms with Gasteiger partial charge in [0, 0.05) is 49.4 Å². The summed E-state index contributed by atoms with van der Waals surface area (Å²) < 4.78 is 1.96. The van der Waals surface area contributed by atoms with Crippen molar-refractivity contribution in [2.45, 2.75) is 26.3 Å². The fourth-order valence-electron chi connectivity index (χ4n) is 2.76. The molecule has 2 aromatic heterocycles. The quantitative estimate of drug-likeness (QED) is 0.859. The summed E-state index contributed by atoms with van der Waals surface area (Å²) in [6, 6.07) is 0. The Bertz CT molecular complexity index is 532.